The van der Waals surface area contributed by atoms with Gasteiger partial charge in [-0.25, -0.2) is 9.67 Å². The highest BCUT2D eigenvalue weighted by Crippen LogP contribution is 2.27. The molecule has 0 aliphatic rings. The molecule has 0 saturated carbocycles. The molecular formula is C25H23ClN4O. The van der Waals surface area contributed by atoms with Gasteiger partial charge in [-0.15, -0.1) is 5.10 Å². The summed E-state index contributed by atoms with van der Waals surface area (Å²) in [6.07, 6.45) is 0. The van der Waals surface area contributed by atoms with Crippen LogP contribution in [0.3, 0.4) is 0 Å². The van der Waals surface area contributed by atoms with E-state index in [2.05, 4.69) is 15.4 Å². The van der Waals surface area contributed by atoms with Crippen LogP contribution in [0, 0.1) is 27.7 Å². The zero-order valence-electron chi connectivity index (χ0n) is 17.9. The molecule has 0 spiro atoms. The number of anilines is 1. The van der Waals surface area contributed by atoms with Gasteiger partial charge in [-0.3, -0.25) is 4.79 Å². The Kier molecular flexibility index (Phi) is 5.61. The molecule has 0 atom stereocenters. The van der Waals surface area contributed by atoms with Crippen LogP contribution < -0.4 is 5.32 Å². The number of carbonyl (C=O) groups excluding carboxylic acids is 1. The largest absolute Gasteiger partial charge is 0.319 e. The summed E-state index contributed by atoms with van der Waals surface area (Å²) in [6.45, 7) is 7.98. The van der Waals surface area contributed by atoms with Gasteiger partial charge >= 0.3 is 0 Å². The van der Waals surface area contributed by atoms with E-state index >= 15 is 0 Å². The molecule has 1 heterocycles. The van der Waals surface area contributed by atoms with Crippen LogP contribution in [0.25, 0.3) is 17.1 Å². The van der Waals surface area contributed by atoms with Crippen LogP contribution in [0.2, 0.25) is 5.02 Å². The average molecular weight is 431 g/mol. The summed E-state index contributed by atoms with van der Waals surface area (Å²) >= 11 is 6.35. The SMILES string of the molecule is Cc1cccc(-c2nc(C(=O)Nc3ccc(C)c(C)c3)nn2-c2cccc(Cl)c2C)c1. The quantitative estimate of drug-likeness (QED) is 0.427. The fraction of sp³-hybridized carbons (Fsp3) is 0.160. The van der Waals surface area contributed by atoms with Crippen molar-refractivity contribution < 1.29 is 4.79 Å². The average Bonchev–Trinajstić information content (AvgIpc) is 3.18. The minimum absolute atomic E-state index is 0.0918. The number of benzene rings is 3. The molecule has 6 heteroatoms. The van der Waals surface area contributed by atoms with E-state index < -0.39 is 0 Å². The van der Waals surface area contributed by atoms with Crippen LogP contribution in [-0.4, -0.2) is 20.7 Å². The highest BCUT2D eigenvalue weighted by molar-refractivity contribution is 6.31. The van der Waals surface area contributed by atoms with Crippen molar-refractivity contribution in [2.45, 2.75) is 27.7 Å². The molecule has 1 aromatic heterocycles. The maximum absolute atomic E-state index is 13.0. The van der Waals surface area contributed by atoms with E-state index in [1.165, 1.54) is 5.56 Å². The molecule has 0 aliphatic heterocycles. The van der Waals surface area contributed by atoms with Gasteiger partial charge in [-0.05, 0) is 74.7 Å². The summed E-state index contributed by atoms with van der Waals surface area (Å²) in [5.41, 5.74) is 6.59. The van der Waals surface area contributed by atoms with E-state index in [0.717, 1.165) is 27.9 Å². The third kappa shape index (κ3) is 4.23. The summed E-state index contributed by atoms with van der Waals surface area (Å²) < 4.78 is 1.69. The first kappa shape index (κ1) is 20.8. The van der Waals surface area contributed by atoms with E-state index in [-0.39, 0.29) is 11.7 Å². The van der Waals surface area contributed by atoms with E-state index in [4.69, 9.17) is 11.6 Å². The smallest absolute Gasteiger partial charge is 0.295 e. The fourth-order valence-corrected chi connectivity index (χ4v) is 3.55. The van der Waals surface area contributed by atoms with Crippen LogP contribution in [0.4, 0.5) is 5.69 Å². The van der Waals surface area contributed by atoms with Gasteiger partial charge in [0, 0.05) is 16.3 Å². The molecule has 0 fully saturated rings. The Balaban J connectivity index is 1.80. The van der Waals surface area contributed by atoms with Crippen LogP contribution in [0.1, 0.15) is 32.9 Å². The lowest BCUT2D eigenvalue weighted by Gasteiger charge is -2.10. The van der Waals surface area contributed by atoms with Crippen LogP contribution in [0.5, 0.6) is 0 Å². The molecule has 4 aromatic rings. The predicted molar refractivity (Wildman–Crippen MR) is 125 cm³/mol. The monoisotopic (exact) mass is 430 g/mol. The lowest BCUT2D eigenvalue weighted by molar-refractivity contribution is 0.101. The molecule has 156 valence electrons. The number of aromatic nitrogens is 3. The highest BCUT2D eigenvalue weighted by Gasteiger charge is 2.20. The van der Waals surface area contributed by atoms with Crippen molar-refractivity contribution in [3.63, 3.8) is 0 Å². The second kappa shape index (κ2) is 8.36. The van der Waals surface area contributed by atoms with Crippen molar-refractivity contribution in [3.05, 3.63) is 93.8 Å². The standard InChI is InChI=1S/C25H23ClN4O/c1-15-7-5-8-19(13-15)24-28-23(25(31)27-20-12-11-16(2)17(3)14-20)29-30(24)22-10-6-9-21(26)18(22)4/h5-14H,1-4H3,(H,27,31). The van der Waals surface area contributed by atoms with Crippen molar-refractivity contribution in [1.29, 1.82) is 0 Å². The number of halogens is 1. The molecule has 4 rings (SSSR count). The lowest BCUT2D eigenvalue weighted by atomic mass is 10.1. The van der Waals surface area contributed by atoms with Gasteiger partial charge in [0.15, 0.2) is 5.82 Å². The molecule has 0 aliphatic carbocycles. The summed E-state index contributed by atoms with van der Waals surface area (Å²) in [5, 5.41) is 8.09. The molecule has 0 unspecified atom stereocenters. The Morgan fingerprint density at radius 3 is 2.45 bits per heavy atom. The van der Waals surface area contributed by atoms with Crippen LogP contribution in [-0.2, 0) is 0 Å². The zero-order valence-corrected chi connectivity index (χ0v) is 18.7. The van der Waals surface area contributed by atoms with Crippen LogP contribution in [0.15, 0.2) is 60.7 Å². The van der Waals surface area contributed by atoms with Crippen molar-refractivity contribution >= 4 is 23.2 Å². The highest BCUT2D eigenvalue weighted by atomic mass is 35.5. The maximum atomic E-state index is 13.0. The Labute approximate surface area is 186 Å². The van der Waals surface area contributed by atoms with Gasteiger partial charge in [0.25, 0.3) is 5.91 Å². The normalized spacial score (nSPS) is 10.9. The van der Waals surface area contributed by atoms with Gasteiger partial charge in [0.2, 0.25) is 5.82 Å². The topological polar surface area (TPSA) is 59.8 Å². The van der Waals surface area contributed by atoms with Crippen molar-refractivity contribution in [3.8, 4) is 17.1 Å². The number of nitrogens with one attached hydrogen (secondary N) is 1. The zero-order chi connectivity index (χ0) is 22.1. The first-order valence-electron chi connectivity index (χ1n) is 10.0. The number of nitrogens with zero attached hydrogens (tertiary/aromatic N) is 3. The minimum atomic E-state index is -0.365. The molecule has 5 nitrogen and oxygen atoms in total. The second-order valence-electron chi connectivity index (χ2n) is 7.68. The molecular weight excluding hydrogens is 408 g/mol. The van der Waals surface area contributed by atoms with Crippen molar-refractivity contribution in [1.82, 2.24) is 14.8 Å². The first-order chi connectivity index (χ1) is 14.8. The third-order valence-electron chi connectivity index (χ3n) is 5.32. The molecule has 31 heavy (non-hydrogen) atoms. The molecule has 0 bridgehead atoms. The number of rotatable bonds is 4. The number of carbonyl (C=O) groups is 1. The Morgan fingerprint density at radius 1 is 0.935 bits per heavy atom. The Hall–Kier alpha value is -3.44. The summed E-state index contributed by atoms with van der Waals surface area (Å²) in [4.78, 5) is 17.6. The second-order valence-corrected chi connectivity index (χ2v) is 8.08. The summed E-state index contributed by atoms with van der Waals surface area (Å²) in [7, 11) is 0. The fourth-order valence-electron chi connectivity index (χ4n) is 3.38. The lowest BCUT2D eigenvalue weighted by Crippen LogP contribution is -2.14. The predicted octanol–water partition coefficient (Wildman–Crippen LogP) is 6.07. The summed E-state index contributed by atoms with van der Waals surface area (Å²) in [5.74, 6) is 0.309. The number of hydrogen-bond acceptors (Lipinski definition) is 3. The van der Waals surface area contributed by atoms with E-state index in [0.29, 0.717) is 16.5 Å². The minimum Gasteiger partial charge on any atom is -0.319 e. The van der Waals surface area contributed by atoms with Gasteiger partial charge in [-0.2, -0.15) is 0 Å². The van der Waals surface area contributed by atoms with E-state index in [1.807, 2.05) is 88.4 Å². The number of aryl methyl sites for hydroxylation is 3. The summed E-state index contributed by atoms with van der Waals surface area (Å²) in [6, 6.07) is 19.4. The van der Waals surface area contributed by atoms with Gasteiger partial charge in [-0.1, -0.05) is 47.5 Å². The van der Waals surface area contributed by atoms with E-state index in [1.54, 1.807) is 4.68 Å². The van der Waals surface area contributed by atoms with Crippen molar-refractivity contribution in [2.75, 3.05) is 5.32 Å². The molecule has 0 saturated heterocycles. The third-order valence-corrected chi connectivity index (χ3v) is 5.73. The molecule has 1 N–H and O–H groups in total. The van der Waals surface area contributed by atoms with Gasteiger partial charge < -0.3 is 5.32 Å². The molecule has 0 radical (unpaired) electrons. The van der Waals surface area contributed by atoms with Gasteiger partial charge in [0.1, 0.15) is 0 Å². The first-order valence-corrected chi connectivity index (χ1v) is 10.4. The molecule has 1 amide bonds. The van der Waals surface area contributed by atoms with Crippen molar-refractivity contribution in [2.24, 2.45) is 0 Å². The molecule has 3 aromatic carbocycles. The number of amides is 1. The van der Waals surface area contributed by atoms with Crippen LogP contribution >= 0.6 is 11.6 Å². The Morgan fingerprint density at radius 2 is 1.71 bits per heavy atom. The van der Waals surface area contributed by atoms with Gasteiger partial charge in [0.05, 0.1) is 5.69 Å². The number of hydrogen-bond donors (Lipinski definition) is 1. The Bertz CT molecular complexity index is 1290. The maximum Gasteiger partial charge on any atom is 0.295 e. The van der Waals surface area contributed by atoms with E-state index in [9.17, 15) is 4.79 Å².